The first-order chi connectivity index (χ1) is 14.3. The number of aryl methyl sites for hydroxylation is 1. The Morgan fingerprint density at radius 3 is 2.60 bits per heavy atom. The zero-order valence-corrected chi connectivity index (χ0v) is 17.5. The molecule has 10 heteroatoms. The average molecular weight is 476 g/mol. The van der Waals surface area contributed by atoms with Crippen LogP contribution in [-0.2, 0) is 19.1 Å². The summed E-state index contributed by atoms with van der Waals surface area (Å²) in [5.41, 5.74) is 1.53. The highest BCUT2D eigenvalue weighted by atomic mass is 79.9. The van der Waals surface area contributed by atoms with Crippen LogP contribution in [0.5, 0.6) is 0 Å². The van der Waals surface area contributed by atoms with Crippen molar-refractivity contribution in [2.24, 2.45) is 0 Å². The minimum Gasteiger partial charge on any atom is -0.452 e. The second-order valence-corrected chi connectivity index (χ2v) is 6.96. The number of nitro benzene ring substituents is 1. The van der Waals surface area contributed by atoms with Crippen molar-refractivity contribution in [3.05, 3.63) is 74.3 Å². The van der Waals surface area contributed by atoms with Crippen LogP contribution in [0.2, 0.25) is 0 Å². The van der Waals surface area contributed by atoms with Crippen LogP contribution in [0.4, 0.5) is 11.4 Å². The van der Waals surface area contributed by atoms with Crippen LogP contribution in [0, 0.1) is 17.0 Å². The van der Waals surface area contributed by atoms with Crippen molar-refractivity contribution in [3.63, 3.8) is 0 Å². The molecule has 0 atom stereocenters. The summed E-state index contributed by atoms with van der Waals surface area (Å²) in [6.07, 6.45) is 2.21. The summed E-state index contributed by atoms with van der Waals surface area (Å²) in [5.74, 6) is -1.94. The van der Waals surface area contributed by atoms with E-state index in [0.29, 0.717) is 5.69 Å². The van der Waals surface area contributed by atoms with Crippen molar-refractivity contribution in [1.29, 1.82) is 0 Å². The maximum Gasteiger partial charge on any atom is 0.331 e. The van der Waals surface area contributed by atoms with E-state index in [4.69, 9.17) is 4.74 Å². The van der Waals surface area contributed by atoms with Gasteiger partial charge in [0.15, 0.2) is 6.61 Å². The lowest BCUT2D eigenvalue weighted by molar-refractivity contribution is -0.385. The number of ether oxygens (including phenoxy) is 1. The Bertz CT molecular complexity index is 1010. The number of nitro groups is 1. The van der Waals surface area contributed by atoms with Gasteiger partial charge in [0, 0.05) is 22.3 Å². The van der Waals surface area contributed by atoms with E-state index in [1.165, 1.54) is 24.3 Å². The Labute approximate surface area is 180 Å². The lowest BCUT2D eigenvalue weighted by atomic mass is 10.1. The number of carbonyl (C=O) groups excluding carboxylic acids is 3. The molecule has 0 fully saturated rings. The van der Waals surface area contributed by atoms with Crippen LogP contribution in [0.3, 0.4) is 0 Å². The highest BCUT2D eigenvalue weighted by Crippen LogP contribution is 2.20. The van der Waals surface area contributed by atoms with Gasteiger partial charge in [-0.3, -0.25) is 19.7 Å². The number of carbonyl (C=O) groups is 3. The number of benzene rings is 2. The maximum absolute atomic E-state index is 11.9. The highest BCUT2D eigenvalue weighted by molar-refractivity contribution is 9.10. The number of amides is 2. The standard InChI is InChI=1S/C20H18BrN3O6/c1-13-10-15(21)7-8-16(13)23-18(25)11-22-19(26)12-30-20(27)9-6-14-4-2-3-5-17(14)24(28)29/h2-10H,11-12H2,1H3,(H,22,26)(H,23,25)/b9-6+. The maximum atomic E-state index is 11.9. The third-order valence-electron chi connectivity index (χ3n) is 3.79. The molecule has 2 rings (SSSR count). The third-order valence-corrected chi connectivity index (χ3v) is 4.28. The Morgan fingerprint density at radius 2 is 1.90 bits per heavy atom. The number of para-hydroxylation sites is 1. The monoisotopic (exact) mass is 475 g/mol. The van der Waals surface area contributed by atoms with E-state index in [1.807, 2.05) is 13.0 Å². The molecule has 156 valence electrons. The predicted molar refractivity (Wildman–Crippen MR) is 114 cm³/mol. The van der Waals surface area contributed by atoms with Gasteiger partial charge in [0.2, 0.25) is 5.91 Å². The number of rotatable bonds is 8. The quantitative estimate of drug-likeness (QED) is 0.261. The number of nitrogens with zero attached hydrogens (tertiary/aromatic N) is 1. The first-order valence-corrected chi connectivity index (χ1v) is 9.46. The molecule has 0 aliphatic heterocycles. The van der Waals surface area contributed by atoms with Gasteiger partial charge in [-0.25, -0.2) is 4.79 Å². The van der Waals surface area contributed by atoms with E-state index < -0.39 is 29.3 Å². The van der Waals surface area contributed by atoms with Crippen molar-refractivity contribution < 1.29 is 24.0 Å². The SMILES string of the molecule is Cc1cc(Br)ccc1NC(=O)CNC(=O)COC(=O)/C=C/c1ccccc1[N+](=O)[O-]. The van der Waals surface area contributed by atoms with Crippen molar-refractivity contribution in [2.75, 3.05) is 18.5 Å². The molecule has 2 N–H and O–H groups in total. The number of halogens is 1. The first-order valence-electron chi connectivity index (χ1n) is 8.67. The van der Waals surface area contributed by atoms with E-state index in [-0.39, 0.29) is 17.8 Å². The molecule has 0 saturated heterocycles. The van der Waals surface area contributed by atoms with Crippen LogP contribution < -0.4 is 10.6 Å². The zero-order chi connectivity index (χ0) is 22.1. The summed E-state index contributed by atoms with van der Waals surface area (Å²) in [7, 11) is 0. The Morgan fingerprint density at radius 1 is 1.17 bits per heavy atom. The lowest BCUT2D eigenvalue weighted by Gasteiger charge is -2.09. The highest BCUT2D eigenvalue weighted by Gasteiger charge is 2.11. The average Bonchev–Trinajstić information content (AvgIpc) is 2.71. The normalized spacial score (nSPS) is 10.5. The van der Waals surface area contributed by atoms with E-state index in [0.717, 1.165) is 16.1 Å². The molecule has 0 aliphatic carbocycles. The van der Waals surface area contributed by atoms with Crippen LogP contribution in [-0.4, -0.2) is 35.9 Å². The topological polar surface area (TPSA) is 128 Å². The summed E-state index contributed by atoms with van der Waals surface area (Å²) in [6.45, 7) is 0.943. The second kappa shape index (κ2) is 10.9. The summed E-state index contributed by atoms with van der Waals surface area (Å²) in [4.78, 5) is 45.7. The summed E-state index contributed by atoms with van der Waals surface area (Å²) < 4.78 is 5.64. The van der Waals surface area contributed by atoms with Crippen LogP contribution in [0.25, 0.3) is 6.08 Å². The van der Waals surface area contributed by atoms with Crippen molar-refractivity contribution in [3.8, 4) is 0 Å². The van der Waals surface area contributed by atoms with E-state index in [2.05, 4.69) is 26.6 Å². The molecule has 0 heterocycles. The van der Waals surface area contributed by atoms with Crippen molar-refractivity contribution >= 4 is 51.2 Å². The number of anilines is 1. The fourth-order valence-corrected chi connectivity index (χ4v) is 2.80. The van der Waals surface area contributed by atoms with Gasteiger partial charge in [-0.15, -0.1) is 0 Å². The summed E-state index contributed by atoms with van der Waals surface area (Å²) in [6, 6.07) is 11.2. The molecule has 0 aliphatic rings. The van der Waals surface area contributed by atoms with Gasteiger partial charge in [0.05, 0.1) is 17.0 Å². The molecule has 2 amide bonds. The van der Waals surface area contributed by atoms with Gasteiger partial charge >= 0.3 is 5.97 Å². The fraction of sp³-hybridized carbons (Fsp3) is 0.150. The molecule has 0 bridgehead atoms. The van der Waals surface area contributed by atoms with Gasteiger partial charge in [0.1, 0.15) is 0 Å². The summed E-state index contributed by atoms with van der Waals surface area (Å²) >= 11 is 3.33. The van der Waals surface area contributed by atoms with Crippen LogP contribution in [0.1, 0.15) is 11.1 Å². The van der Waals surface area contributed by atoms with Crippen molar-refractivity contribution in [2.45, 2.75) is 6.92 Å². The number of hydrogen-bond donors (Lipinski definition) is 2. The molecule has 0 aromatic heterocycles. The zero-order valence-electron chi connectivity index (χ0n) is 15.9. The van der Waals surface area contributed by atoms with Gasteiger partial charge in [-0.1, -0.05) is 28.1 Å². The second-order valence-electron chi connectivity index (χ2n) is 6.04. The minimum absolute atomic E-state index is 0.161. The number of nitrogens with one attached hydrogen (secondary N) is 2. The lowest BCUT2D eigenvalue weighted by Crippen LogP contribution is -2.35. The molecular formula is C20H18BrN3O6. The van der Waals surface area contributed by atoms with Gasteiger partial charge in [-0.05, 0) is 42.8 Å². The van der Waals surface area contributed by atoms with Crippen molar-refractivity contribution in [1.82, 2.24) is 5.32 Å². The molecule has 9 nitrogen and oxygen atoms in total. The molecule has 30 heavy (non-hydrogen) atoms. The Hall–Kier alpha value is -3.53. The summed E-state index contributed by atoms with van der Waals surface area (Å²) in [5, 5.41) is 15.9. The Balaban J connectivity index is 1.77. The smallest absolute Gasteiger partial charge is 0.331 e. The van der Waals surface area contributed by atoms with Gasteiger partial charge < -0.3 is 15.4 Å². The Kier molecular flexibility index (Phi) is 8.24. The molecule has 0 unspecified atom stereocenters. The van der Waals surface area contributed by atoms with E-state index in [9.17, 15) is 24.5 Å². The molecule has 0 saturated carbocycles. The van der Waals surface area contributed by atoms with Crippen LogP contribution in [0.15, 0.2) is 53.0 Å². The van der Waals surface area contributed by atoms with E-state index >= 15 is 0 Å². The number of hydrogen-bond acceptors (Lipinski definition) is 6. The molecule has 0 radical (unpaired) electrons. The molecule has 0 spiro atoms. The van der Waals surface area contributed by atoms with Gasteiger partial charge in [-0.2, -0.15) is 0 Å². The minimum atomic E-state index is -0.849. The van der Waals surface area contributed by atoms with Gasteiger partial charge in [0.25, 0.3) is 11.6 Å². The predicted octanol–water partition coefficient (Wildman–Crippen LogP) is 2.98. The largest absolute Gasteiger partial charge is 0.452 e. The number of esters is 1. The van der Waals surface area contributed by atoms with Crippen LogP contribution >= 0.6 is 15.9 Å². The fourth-order valence-electron chi connectivity index (χ4n) is 2.33. The first kappa shape index (κ1) is 22.8. The molecule has 2 aromatic rings. The molecular weight excluding hydrogens is 458 g/mol. The molecule has 2 aromatic carbocycles. The van der Waals surface area contributed by atoms with E-state index in [1.54, 1.807) is 18.2 Å². The third kappa shape index (κ3) is 7.13.